The summed E-state index contributed by atoms with van der Waals surface area (Å²) >= 11 is 0. The summed E-state index contributed by atoms with van der Waals surface area (Å²) in [6.45, 7) is 0.374. The van der Waals surface area contributed by atoms with E-state index in [1.54, 1.807) is 45.5 Å². The van der Waals surface area contributed by atoms with Crippen molar-refractivity contribution in [1.29, 1.82) is 0 Å². The Morgan fingerprint density at radius 3 is 2.15 bits per heavy atom. The van der Waals surface area contributed by atoms with Crippen LogP contribution in [0.1, 0.15) is 21.5 Å². The van der Waals surface area contributed by atoms with Crippen molar-refractivity contribution >= 4 is 17.9 Å². The molecule has 0 aliphatic carbocycles. The number of carbonyl (C=O) groups is 2. The molecule has 0 heterocycles. The van der Waals surface area contributed by atoms with Crippen LogP contribution in [0.5, 0.6) is 11.5 Å². The van der Waals surface area contributed by atoms with Crippen molar-refractivity contribution in [1.82, 2.24) is 10.6 Å². The highest BCUT2D eigenvalue weighted by molar-refractivity contribution is 5.94. The van der Waals surface area contributed by atoms with E-state index >= 15 is 0 Å². The zero-order valence-electron chi connectivity index (χ0n) is 15.0. The van der Waals surface area contributed by atoms with Crippen LogP contribution in [0.4, 0.5) is 0 Å². The zero-order chi connectivity index (χ0) is 18.9. The number of ether oxygens (including phenoxy) is 2. The molecular formula is C20H22N2O4. The molecule has 6 heteroatoms. The monoisotopic (exact) mass is 354 g/mol. The highest BCUT2D eigenvalue weighted by Gasteiger charge is 2.03. The lowest BCUT2D eigenvalue weighted by Crippen LogP contribution is -2.20. The summed E-state index contributed by atoms with van der Waals surface area (Å²) in [5, 5.41) is 5.36. The molecule has 0 atom stereocenters. The van der Waals surface area contributed by atoms with Gasteiger partial charge in [0.1, 0.15) is 11.5 Å². The lowest BCUT2D eigenvalue weighted by Gasteiger charge is -2.06. The molecule has 0 saturated heterocycles. The first-order valence-electron chi connectivity index (χ1n) is 8.05. The van der Waals surface area contributed by atoms with Crippen molar-refractivity contribution in [2.75, 3.05) is 21.3 Å². The van der Waals surface area contributed by atoms with Crippen LogP contribution in [0.15, 0.2) is 48.5 Å². The molecule has 136 valence electrons. The van der Waals surface area contributed by atoms with E-state index in [1.807, 2.05) is 24.3 Å². The maximum atomic E-state index is 12.0. The normalized spacial score (nSPS) is 10.4. The molecule has 2 rings (SSSR count). The molecule has 2 N–H and O–H groups in total. The average molecular weight is 354 g/mol. The molecule has 2 aromatic carbocycles. The van der Waals surface area contributed by atoms with Gasteiger partial charge >= 0.3 is 0 Å². The highest BCUT2D eigenvalue weighted by Crippen LogP contribution is 2.23. The minimum Gasteiger partial charge on any atom is -0.497 e. The van der Waals surface area contributed by atoms with Crippen LogP contribution in [-0.4, -0.2) is 33.1 Å². The molecule has 0 aliphatic heterocycles. The second kappa shape index (κ2) is 9.27. The van der Waals surface area contributed by atoms with Crippen molar-refractivity contribution < 1.29 is 19.1 Å². The van der Waals surface area contributed by atoms with Crippen LogP contribution in [0.25, 0.3) is 6.08 Å². The number of amides is 2. The maximum absolute atomic E-state index is 12.0. The van der Waals surface area contributed by atoms with E-state index in [0.29, 0.717) is 23.6 Å². The van der Waals surface area contributed by atoms with Crippen LogP contribution < -0.4 is 20.1 Å². The predicted molar refractivity (Wildman–Crippen MR) is 100 cm³/mol. The van der Waals surface area contributed by atoms with Gasteiger partial charge < -0.3 is 20.1 Å². The third kappa shape index (κ3) is 5.37. The molecule has 0 unspecified atom stereocenters. The van der Waals surface area contributed by atoms with E-state index in [4.69, 9.17) is 9.47 Å². The lowest BCUT2D eigenvalue weighted by atomic mass is 10.1. The smallest absolute Gasteiger partial charge is 0.251 e. The van der Waals surface area contributed by atoms with Crippen molar-refractivity contribution in [2.24, 2.45) is 0 Å². The van der Waals surface area contributed by atoms with Gasteiger partial charge in [0.15, 0.2) is 0 Å². The fourth-order valence-electron chi connectivity index (χ4n) is 2.26. The van der Waals surface area contributed by atoms with E-state index in [0.717, 1.165) is 11.1 Å². The Bertz CT molecular complexity index is 776. The van der Waals surface area contributed by atoms with E-state index in [1.165, 1.54) is 6.08 Å². The number of benzene rings is 2. The molecule has 0 saturated carbocycles. The Labute approximate surface area is 152 Å². The standard InChI is InChI=1S/C20H22N2O4/c1-21-20(24)16-7-4-14(5-8-16)13-22-19(23)9-6-15-10-17(25-2)12-18(11-15)26-3/h4-12H,13H2,1-3H3,(H,21,24)(H,22,23)/b9-6+. The van der Waals surface area contributed by atoms with Gasteiger partial charge in [0.05, 0.1) is 14.2 Å². The molecule has 0 bridgehead atoms. The van der Waals surface area contributed by atoms with Crippen LogP contribution >= 0.6 is 0 Å². The number of carbonyl (C=O) groups excluding carboxylic acids is 2. The Hall–Kier alpha value is -3.28. The molecule has 0 radical (unpaired) electrons. The van der Waals surface area contributed by atoms with Crippen molar-refractivity contribution in [3.05, 3.63) is 65.2 Å². The van der Waals surface area contributed by atoms with Crippen molar-refractivity contribution in [2.45, 2.75) is 6.54 Å². The second-order valence-corrected chi connectivity index (χ2v) is 5.47. The lowest BCUT2D eigenvalue weighted by molar-refractivity contribution is -0.116. The number of rotatable bonds is 7. The molecule has 26 heavy (non-hydrogen) atoms. The summed E-state index contributed by atoms with van der Waals surface area (Å²) in [7, 11) is 4.73. The predicted octanol–water partition coefficient (Wildman–Crippen LogP) is 2.39. The van der Waals surface area contributed by atoms with E-state index in [9.17, 15) is 9.59 Å². The van der Waals surface area contributed by atoms with Gasteiger partial charge in [-0.2, -0.15) is 0 Å². The SMILES string of the molecule is CNC(=O)c1ccc(CNC(=O)/C=C/c2cc(OC)cc(OC)c2)cc1. The topological polar surface area (TPSA) is 76.7 Å². The number of hydrogen-bond acceptors (Lipinski definition) is 4. The van der Waals surface area contributed by atoms with Crippen LogP contribution in [0.2, 0.25) is 0 Å². The van der Waals surface area contributed by atoms with Crippen molar-refractivity contribution in [3.63, 3.8) is 0 Å². The maximum Gasteiger partial charge on any atom is 0.251 e. The van der Waals surface area contributed by atoms with Gasteiger partial charge in [0, 0.05) is 31.3 Å². The first-order valence-corrected chi connectivity index (χ1v) is 8.05. The van der Waals surface area contributed by atoms with Gasteiger partial charge in [-0.05, 0) is 41.5 Å². The van der Waals surface area contributed by atoms with Gasteiger partial charge in [-0.3, -0.25) is 9.59 Å². The molecule has 0 spiro atoms. The van der Waals surface area contributed by atoms with Crippen LogP contribution in [0, 0.1) is 0 Å². The van der Waals surface area contributed by atoms with Crippen LogP contribution in [-0.2, 0) is 11.3 Å². The Kier molecular flexibility index (Phi) is 6.79. The summed E-state index contributed by atoms with van der Waals surface area (Å²) in [4.78, 5) is 23.5. The largest absolute Gasteiger partial charge is 0.497 e. The molecule has 6 nitrogen and oxygen atoms in total. The quantitative estimate of drug-likeness (QED) is 0.749. The van der Waals surface area contributed by atoms with Gasteiger partial charge in [0.2, 0.25) is 5.91 Å². The van der Waals surface area contributed by atoms with Gasteiger partial charge in [-0.1, -0.05) is 12.1 Å². The third-order valence-electron chi connectivity index (χ3n) is 3.71. The average Bonchev–Trinajstić information content (AvgIpc) is 2.70. The van der Waals surface area contributed by atoms with E-state index in [2.05, 4.69) is 10.6 Å². The van der Waals surface area contributed by atoms with Gasteiger partial charge in [0.25, 0.3) is 5.91 Å². The zero-order valence-corrected chi connectivity index (χ0v) is 15.0. The highest BCUT2D eigenvalue weighted by atomic mass is 16.5. The number of hydrogen-bond donors (Lipinski definition) is 2. The first kappa shape index (κ1) is 19.1. The van der Waals surface area contributed by atoms with E-state index < -0.39 is 0 Å². The Morgan fingerprint density at radius 1 is 1.00 bits per heavy atom. The van der Waals surface area contributed by atoms with E-state index in [-0.39, 0.29) is 11.8 Å². The minimum absolute atomic E-state index is 0.141. The second-order valence-electron chi connectivity index (χ2n) is 5.47. The Morgan fingerprint density at radius 2 is 1.62 bits per heavy atom. The summed E-state index contributed by atoms with van der Waals surface area (Å²) in [5.41, 5.74) is 2.28. The third-order valence-corrected chi connectivity index (χ3v) is 3.71. The molecule has 0 aromatic heterocycles. The number of methoxy groups -OCH3 is 2. The molecular weight excluding hydrogens is 332 g/mol. The summed E-state index contributed by atoms with van der Waals surface area (Å²) in [5.74, 6) is 0.945. The fourth-order valence-corrected chi connectivity index (χ4v) is 2.26. The summed E-state index contributed by atoms with van der Waals surface area (Å²) in [6.07, 6.45) is 3.14. The fraction of sp³-hybridized carbons (Fsp3) is 0.200. The van der Waals surface area contributed by atoms with Gasteiger partial charge in [-0.15, -0.1) is 0 Å². The number of nitrogens with one attached hydrogen (secondary N) is 2. The summed E-state index contributed by atoms with van der Waals surface area (Å²) in [6, 6.07) is 12.4. The van der Waals surface area contributed by atoms with Gasteiger partial charge in [-0.25, -0.2) is 0 Å². The van der Waals surface area contributed by atoms with Crippen molar-refractivity contribution in [3.8, 4) is 11.5 Å². The molecule has 2 aromatic rings. The first-order chi connectivity index (χ1) is 12.5. The minimum atomic E-state index is -0.220. The Balaban J connectivity index is 1.94. The molecule has 2 amide bonds. The molecule has 0 aliphatic rings. The van der Waals surface area contributed by atoms with Crippen LogP contribution in [0.3, 0.4) is 0 Å². The molecule has 0 fully saturated rings. The summed E-state index contributed by atoms with van der Waals surface area (Å²) < 4.78 is 10.4.